The first-order valence-corrected chi connectivity index (χ1v) is 9.68. The van der Waals surface area contributed by atoms with Gasteiger partial charge in [-0.25, -0.2) is 4.98 Å². The number of nitrogens with zero attached hydrogens (tertiary/aromatic N) is 2. The quantitative estimate of drug-likeness (QED) is 0.599. The lowest BCUT2D eigenvalue weighted by atomic mass is 10.1. The van der Waals surface area contributed by atoms with Crippen LogP contribution in [0, 0.1) is 0 Å². The van der Waals surface area contributed by atoms with Crippen LogP contribution < -0.4 is 14.8 Å². The number of hydrogen-bond donors (Lipinski definition) is 1. The molecule has 3 aromatic rings. The Kier molecular flexibility index (Phi) is 6.67. The summed E-state index contributed by atoms with van der Waals surface area (Å²) in [4.78, 5) is 17.3. The van der Waals surface area contributed by atoms with Gasteiger partial charge in [-0.3, -0.25) is 4.79 Å². The number of imidazole rings is 1. The normalized spacial score (nSPS) is 12.9. The zero-order valence-corrected chi connectivity index (χ0v) is 17.7. The molecule has 1 amide bonds. The third-order valence-corrected chi connectivity index (χ3v) is 4.95. The molecule has 1 aromatic heterocycles. The molecule has 0 radical (unpaired) electrons. The zero-order valence-electron chi connectivity index (χ0n) is 16.2. The van der Waals surface area contributed by atoms with Crippen molar-refractivity contribution in [3.63, 3.8) is 0 Å². The van der Waals surface area contributed by atoms with Gasteiger partial charge in [-0.15, -0.1) is 0 Å². The van der Waals surface area contributed by atoms with Gasteiger partial charge in [0.1, 0.15) is 23.4 Å². The van der Waals surface area contributed by atoms with Crippen molar-refractivity contribution >= 4 is 29.1 Å². The molecule has 0 fully saturated rings. The molecular formula is C21H21Cl2N3O3. The molecule has 1 heterocycles. The number of hydrogen-bond acceptors (Lipinski definition) is 4. The highest BCUT2D eigenvalue weighted by atomic mass is 35.5. The number of halogens is 2. The molecule has 8 heteroatoms. The van der Waals surface area contributed by atoms with E-state index in [-0.39, 0.29) is 5.91 Å². The van der Waals surface area contributed by atoms with Crippen molar-refractivity contribution in [3.8, 4) is 11.5 Å². The monoisotopic (exact) mass is 433 g/mol. The molecular weight excluding hydrogens is 413 g/mol. The fourth-order valence-electron chi connectivity index (χ4n) is 2.82. The van der Waals surface area contributed by atoms with Crippen LogP contribution in [0.3, 0.4) is 0 Å². The van der Waals surface area contributed by atoms with E-state index in [2.05, 4.69) is 10.3 Å². The standard InChI is InChI=1S/C21H21Cl2N3O3/c1-13(29-18-9-6-15(22)12-17(18)23)21(27)25-19(20-24-10-11-26(20)2)14-4-7-16(28-3)8-5-14/h4-13,19H,1-3H3,(H,25,27). The molecule has 2 aromatic carbocycles. The van der Waals surface area contributed by atoms with Crippen LogP contribution in [-0.2, 0) is 11.8 Å². The van der Waals surface area contributed by atoms with Crippen LogP contribution in [0.4, 0.5) is 0 Å². The van der Waals surface area contributed by atoms with Crippen LogP contribution in [0.15, 0.2) is 54.9 Å². The van der Waals surface area contributed by atoms with E-state index in [9.17, 15) is 4.79 Å². The van der Waals surface area contributed by atoms with Crippen LogP contribution in [0.1, 0.15) is 24.4 Å². The van der Waals surface area contributed by atoms with Gasteiger partial charge < -0.3 is 19.4 Å². The third kappa shape index (κ3) is 5.02. The van der Waals surface area contributed by atoms with Crippen molar-refractivity contribution in [2.75, 3.05) is 7.11 Å². The van der Waals surface area contributed by atoms with Gasteiger partial charge >= 0.3 is 0 Å². The van der Waals surface area contributed by atoms with Crippen molar-refractivity contribution in [2.45, 2.75) is 19.1 Å². The molecule has 152 valence electrons. The zero-order chi connectivity index (χ0) is 21.0. The van der Waals surface area contributed by atoms with Gasteiger partial charge in [-0.1, -0.05) is 35.3 Å². The highest BCUT2D eigenvalue weighted by molar-refractivity contribution is 6.35. The summed E-state index contributed by atoms with van der Waals surface area (Å²) >= 11 is 12.1. The average molecular weight is 434 g/mol. The Bertz CT molecular complexity index is 989. The first-order valence-electron chi connectivity index (χ1n) is 8.92. The van der Waals surface area contributed by atoms with E-state index in [1.165, 1.54) is 0 Å². The summed E-state index contributed by atoms with van der Waals surface area (Å²) in [6, 6.07) is 11.8. The minimum absolute atomic E-state index is 0.306. The highest BCUT2D eigenvalue weighted by Gasteiger charge is 2.25. The van der Waals surface area contributed by atoms with Gasteiger partial charge in [0, 0.05) is 24.5 Å². The smallest absolute Gasteiger partial charge is 0.261 e. The van der Waals surface area contributed by atoms with Crippen LogP contribution >= 0.6 is 23.2 Å². The SMILES string of the molecule is COc1ccc(C(NC(=O)C(C)Oc2ccc(Cl)cc2Cl)c2nccn2C)cc1. The Morgan fingerprint density at radius 3 is 2.48 bits per heavy atom. The number of methoxy groups -OCH3 is 1. The number of aryl methyl sites for hydroxylation is 1. The summed E-state index contributed by atoms with van der Waals surface area (Å²) in [6.07, 6.45) is 2.73. The fraction of sp³-hybridized carbons (Fsp3) is 0.238. The molecule has 0 saturated carbocycles. The molecule has 0 aliphatic carbocycles. The summed E-state index contributed by atoms with van der Waals surface area (Å²) in [5.74, 6) is 1.50. The molecule has 0 aliphatic heterocycles. The molecule has 0 saturated heterocycles. The van der Waals surface area contributed by atoms with Crippen LogP contribution in [0.2, 0.25) is 10.0 Å². The van der Waals surface area contributed by atoms with E-state index in [1.807, 2.05) is 42.1 Å². The summed E-state index contributed by atoms with van der Waals surface area (Å²) < 4.78 is 12.8. The lowest BCUT2D eigenvalue weighted by molar-refractivity contribution is -0.127. The Morgan fingerprint density at radius 2 is 1.90 bits per heavy atom. The first kappa shape index (κ1) is 21.0. The molecule has 1 N–H and O–H groups in total. The van der Waals surface area contributed by atoms with E-state index in [1.54, 1.807) is 38.4 Å². The fourth-order valence-corrected chi connectivity index (χ4v) is 3.28. The number of rotatable bonds is 7. The number of nitrogens with one attached hydrogen (secondary N) is 1. The maximum Gasteiger partial charge on any atom is 0.261 e. The van der Waals surface area contributed by atoms with Crippen LogP contribution in [-0.4, -0.2) is 28.7 Å². The molecule has 29 heavy (non-hydrogen) atoms. The second-order valence-corrected chi connectivity index (χ2v) is 7.29. The number of aromatic nitrogens is 2. The second-order valence-electron chi connectivity index (χ2n) is 6.45. The predicted molar refractivity (Wildman–Crippen MR) is 113 cm³/mol. The van der Waals surface area contributed by atoms with Gasteiger partial charge in [-0.05, 0) is 42.8 Å². The van der Waals surface area contributed by atoms with Gasteiger partial charge in [-0.2, -0.15) is 0 Å². The Balaban J connectivity index is 1.81. The van der Waals surface area contributed by atoms with Crippen molar-refractivity contribution in [2.24, 2.45) is 7.05 Å². The molecule has 3 rings (SSSR count). The van der Waals surface area contributed by atoms with Crippen molar-refractivity contribution in [1.82, 2.24) is 14.9 Å². The number of amides is 1. The van der Waals surface area contributed by atoms with Gasteiger partial charge in [0.15, 0.2) is 6.10 Å². The van der Waals surface area contributed by atoms with Crippen molar-refractivity contribution in [3.05, 3.63) is 76.3 Å². The average Bonchev–Trinajstić information content (AvgIpc) is 3.13. The molecule has 0 bridgehead atoms. The van der Waals surface area contributed by atoms with E-state index in [4.69, 9.17) is 32.7 Å². The third-order valence-electron chi connectivity index (χ3n) is 4.42. The van der Waals surface area contributed by atoms with Crippen molar-refractivity contribution in [1.29, 1.82) is 0 Å². The topological polar surface area (TPSA) is 65.4 Å². The molecule has 2 unspecified atom stereocenters. The Hall–Kier alpha value is -2.70. The van der Waals surface area contributed by atoms with Crippen LogP contribution in [0.25, 0.3) is 0 Å². The summed E-state index contributed by atoms with van der Waals surface area (Å²) in [5.41, 5.74) is 0.866. The maximum atomic E-state index is 12.9. The first-order chi connectivity index (χ1) is 13.9. The summed E-state index contributed by atoms with van der Waals surface area (Å²) in [6.45, 7) is 1.66. The van der Waals surface area contributed by atoms with E-state index >= 15 is 0 Å². The minimum atomic E-state index is -0.783. The Labute approximate surface area is 179 Å². The lowest BCUT2D eigenvalue weighted by Gasteiger charge is -2.22. The van der Waals surface area contributed by atoms with Crippen molar-refractivity contribution < 1.29 is 14.3 Å². The maximum absolute atomic E-state index is 12.9. The molecule has 0 aliphatic rings. The van der Waals surface area contributed by atoms with E-state index in [0.29, 0.717) is 21.6 Å². The van der Waals surface area contributed by atoms with Gasteiger partial charge in [0.25, 0.3) is 5.91 Å². The molecule has 6 nitrogen and oxygen atoms in total. The predicted octanol–water partition coefficient (Wildman–Crippen LogP) is 4.41. The van der Waals surface area contributed by atoms with Crippen LogP contribution in [0.5, 0.6) is 11.5 Å². The summed E-state index contributed by atoms with van der Waals surface area (Å²) in [5, 5.41) is 3.84. The van der Waals surface area contributed by atoms with Gasteiger partial charge in [0.05, 0.1) is 12.1 Å². The van der Waals surface area contributed by atoms with E-state index in [0.717, 1.165) is 11.3 Å². The number of benzene rings is 2. The number of carbonyl (C=O) groups is 1. The van der Waals surface area contributed by atoms with Gasteiger partial charge in [0.2, 0.25) is 0 Å². The number of ether oxygens (including phenoxy) is 2. The molecule has 0 spiro atoms. The minimum Gasteiger partial charge on any atom is -0.497 e. The highest BCUT2D eigenvalue weighted by Crippen LogP contribution is 2.29. The second kappa shape index (κ2) is 9.20. The number of carbonyl (C=O) groups excluding carboxylic acids is 1. The lowest BCUT2D eigenvalue weighted by Crippen LogP contribution is -2.39. The Morgan fingerprint density at radius 1 is 1.17 bits per heavy atom. The largest absolute Gasteiger partial charge is 0.497 e. The summed E-state index contributed by atoms with van der Waals surface area (Å²) in [7, 11) is 3.48. The molecule has 2 atom stereocenters. The van der Waals surface area contributed by atoms with E-state index < -0.39 is 12.1 Å².